The zero-order valence-electron chi connectivity index (χ0n) is 10.5. The summed E-state index contributed by atoms with van der Waals surface area (Å²) in [6, 6.07) is 4.85. The maximum Gasteiger partial charge on any atom is 0.320 e. The lowest BCUT2D eigenvalue weighted by molar-refractivity contribution is 0.443. The van der Waals surface area contributed by atoms with Crippen molar-refractivity contribution in [3.63, 3.8) is 0 Å². The van der Waals surface area contributed by atoms with Gasteiger partial charge in [-0.05, 0) is 44.7 Å². The molecule has 0 radical (unpaired) electrons. The SMILES string of the molecule is CNC(C)c1nnc(Nc2cc(C)cc(F)c2)o1. The topological polar surface area (TPSA) is 63.0 Å². The average molecular weight is 250 g/mol. The van der Waals surface area contributed by atoms with Crippen LogP contribution in [-0.2, 0) is 0 Å². The molecule has 2 rings (SSSR count). The zero-order valence-corrected chi connectivity index (χ0v) is 10.5. The molecule has 0 saturated heterocycles. The highest BCUT2D eigenvalue weighted by atomic mass is 19.1. The predicted molar refractivity (Wildman–Crippen MR) is 66.2 cm³/mol. The number of anilines is 2. The van der Waals surface area contributed by atoms with Crippen LogP contribution < -0.4 is 10.6 Å². The number of nitrogens with zero attached hydrogens (tertiary/aromatic N) is 2. The third kappa shape index (κ3) is 2.84. The van der Waals surface area contributed by atoms with Crippen LogP contribution in [0.4, 0.5) is 16.1 Å². The van der Waals surface area contributed by atoms with Crippen molar-refractivity contribution in [2.24, 2.45) is 0 Å². The van der Waals surface area contributed by atoms with Gasteiger partial charge < -0.3 is 15.1 Å². The van der Waals surface area contributed by atoms with Crippen LogP contribution in [0.2, 0.25) is 0 Å². The Labute approximate surface area is 104 Å². The molecule has 0 fully saturated rings. The number of hydrogen-bond donors (Lipinski definition) is 2. The summed E-state index contributed by atoms with van der Waals surface area (Å²) < 4.78 is 18.6. The number of aromatic nitrogens is 2. The van der Waals surface area contributed by atoms with Crippen LogP contribution in [0.25, 0.3) is 0 Å². The Bertz CT molecular complexity index is 520. The third-order valence-electron chi connectivity index (χ3n) is 2.54. The zero-order chi connectivity index (χ0) is 13.1. The number of hydrogen-bond acceptors (Lipinski definition) is 5. The lowest BCUT2D eigenvalue weighted by Crippen LogP contribution is -2.12. The fourth-order valence-corrected chi connectivity index (χ4v) is 1.52. The van der Waals surface area contributed by atoms with Crippen molar-refractivity contribution in [2.75, 3.05) is 12.4 Å². The number of benzene rings is 1. The van der Waals surface area contributed by atoms with Crippen molar-refractivity contribution < 1.29 is 8.81 Å². The van der Waals surface area contributed by atoms with E-state index in [1.54, 1.807) is 13.1 Å². The van der Waals surface area contributed by atoms with Gasteiger partial charge in [0.1, 0.15) is 5.82 Å². The maximum atomic E-state index is 13.2. The smallest absolute Gasteiger partial charge is 0.320 e. The predicted octanol–water partition coefficient (Wildman–Crippen LogP) is 2.54. The van der Waals surface area contributed by atoms with Crippen molar-refractivity contribution in [3.8, 4) is 0 Å². The monoisotopic (exact) mass is 250 g/mol. The second-order valence-corrected chi connectivity index (χ2v) is 4.10. The first-order valence-electron chi connectivity index (χ1n) is 5.63. The largest absolute Gasteiger partial charge is 0.406 e. The van der Waals surface area contributed by atoms with Crippen LogP contribution in [0.3, 0.4) is 0 Å². The Morgan fingerprint density at radius 2 is 2.06 bits per heavy atom. The third-order valence-corrected chi connectivity index (χ3v) is 2.54. The quantitative estimate of drug-likeness (QED) is 0.873. The molecular weight excluding hydrogens is 235 g/mol. The molecule has 5 nitrogen and oxygen atoms in total. The Morgan fingerprint density at radius 1 is 1.28 bits per heavy atom. The molecule has 2 aromatic rings. The van der Waals surface area contributed by atoms with E-state index in [0.717, 1.165) is 5.56 Å². The van der Waals surface area contributed by atoms with Gasteiger partial charge >= 0.3 is 6.01 Å². The molecule has 2 N–H and O–H groups in total. The second-order valence-electron chi connectivity index (χ2n) is 4.10. The second kappa shape index (κ2) is 5.14. The first-order chi connectivity index (χ1) is 8.58. The van der Waals surface area contributed by atoms with E-state index in [-0.39, 0.29) is 17.9 Å². The summed E-state index contributed by atoms with van der Waals surface area (Å²) in [6.07, 6.45) is 0. The van der Waals surface area contributed by atoms with Crippen molar-refractivity contribution in [1.82, 2.24) is 15.5 Å². The van der Waals surface area contributed by atoms with Crippen LogP contribution in [0.1, 0.15) is 24.4 Å². The van der Waals surface area contributed by atoms with E-state index in [2.05, 4.69) is 20.8 Å². The van der Waals surface area contributed by atoms with Crippen molar-refractivity contribution in [3.05, 3.63) is 35.5 Å². The highest BCUT2D eigenvalue weighted by molar-refractivity contribution is 5.53. The molecule has 18 heavy (non-hydrogen) atoms. The summed E-state index contributed by atoms with van der Waals surface area (Å²) in [4.78, 5) is 0. The van der Waals surface area contributed by atoms with Gasteiger partial charge in [0, 0.05) is 5.69 Å². The molecule has 0 amide bonds. The van der Waals surface area contributed by atoms with E-state index in [1.807, 2.05) is 13.8 Å². The summed E-state index contributed by atoms with van der Waals surface area (Å²) in [5.41, 5.74) is 1.40. The van der Waals surface area contributed by atoms with Crippen LogP contribution in [0, 0.1) is 12.7 Å². The van der Waals surface area contributed by atoms with E-state index in [0.29, 0.717) is 11.6 Å². The summed E-state index contributed by atoms with van der Waals surface area (Å²) in [5, 5.41) is 13.6. The molecule has 1 atom stereocenters. The van der Waals surface area contributed by atoms with Crippen molar-refractivity contribution in [2.45, 2.75) is 19.9 Å². The van der Waals surface area contributed by atoms with Crippen molar-refractivity contribution in [1.29, 1.82) is 0 Å². The molecule has 1 unspecified atom stereocenters. The molecule has 0 aliphatic heterocycles. The summed E-state index contributed by atoms with van der Waals surface area (Å²) >= 11 is 0. The molecule has 96 valence electrons. The molecule has 1 heterocycles. The molecule has 0 aliphatic rings. The van der Waals surface area contributed by atoms with Crippen LogP contribution in [0.15, 0.2) is 22.6 Å². The summed E-state index contributed by atoms with van der Waals surface area (Å²) in [5.74, 6) is 0.175. The number of aryl methyl sites for hydroxylation is 1. The van der Waals surface area contributed by atoms with Gasteiger partial charge in [-0.1, -0.05) is 5.10 Å². The van der Waals surface area contributed by atoms with Gasteiger partial charge in [-0.3, -0.25) is 0 Å². The molecule has 0 bridgehead atoms. The molecule has 0 spiro atoms. The lowest BCUT2D eigenvalue weighted by atomic mass is 10.2. The van der Waals surface area contributed by atoms with Crippen LogP contribution in [-0.4, -0.2) is 17.2 Å². The Balaban J connectivity index is 2.16. The molecule has 0 aliphatic carbocycles. The fraction of sp³-hybridized carbons (Fsp3) is 0.333. The first kappa shape index (κ1) is 12.5. The van der Waals surface area contributed by atoms with Gasteiger partial charge in [-0.2, -0.15) is 0 Å². The normalized spacial score (nSPS) is 12.4. The van der Waals surface area contributed by atoms with Gasteiger partial charge in [0.05, 0.1) is 6.04 Å². The average Bonchev–Trinajstić information content (AvgIpc) is 2.75. The molecular formula is C12H15FN4O. The maximum absolute atomic E-state index is 13.2. The van der Waals surface area contributed by atoms with Gasteiger partial charge in [0.15, 0.2) is 0 Å². The number of rotatable bonds is 4. The first-order valence-corrected chi connectivity index (χ1v) is 5.63. The lowest BCUT2D eigenvalue weighted by Gasteiger charge is -2.04. The van der Waals surface area contributed by atoms with E-state index in [1.165, 1.54) is 12.1 Å². The minimum absolute atomic E-state index is 0.0257. The summed E-state index contributed by atoms with van der Waals surface area (Å²) in [7, 11) is 1.80. The summed E-state index contributed by atoms with van der Waals surface area (Å²) in [6.45, 7) is 3.72. The van der Waals surface area contributed by atoms with E-state index in [4.69, 9.17) is 4.42 Å². The highest BCUT2D eigenvalue weighted by Gasteiger charge is 2.12. The van der Waals surface area contributed by atoms with Gasteiger partial charge in [0.2, 0.25) is 5.89 Å². The molecule has 1 aromatic heterocycles. The van der Waals surface area contributed by atoms with E-state index in [9.17, 15) is 4.39 Å². The minimum Gasteiger partial charge on any atom is -0.406 e. The molecule has 0 saturated carbocycles. The fourth-order valence-electron chi connectivity index (χ4n) is 1.52. The standard InChI is InChI=1S/C12H15FN4O/c1-7-4-9(13)6-10(5-7)15-12-17-16-11(18-12)8(2)14-3/h4-6,8,14H,1-3H3,(H,15,17). The van der Waals surface area contributed by atoms with Crippen molar-refractivity contribution >= 4 is 11.7 Å². The van der Waals surface area contributed by atoms with Gasteiger partial charge in [-0.25, -0.2) is 4.39 Å². The highest BCUT2D eigenvalue weighted by Crippen LogP contribution is 2.20. The minimum atomic E-state index is -0.305. The van der Waals surface area contributed by atoms with Gasteiger partial charge in [-0.15, -0.1) is 5.10 Å². The van der Waals surface area contributed by atoms with Crippen LogP contribution >= 0.6 is 0 Å². The van der Waals surface area contributed by atoms with Crippen LogP contribution in [0.5, 0.6) is 0 Å². The number of halogens is 1. The van der Waals surface area contributed by atoms with Gasteiger partial charge in [0.25, 0.3) is 0 Å². The Kier molecular flexibility index (Phi) is 3.57. The Hall–Kier alpha value is -1.95. The van der Waals surface area contributed by atoms with E-state index >= 15 is 0 Å². The van der Waals surface area contributed by atoms with E-state index < -0.39 is 0 Å². The molecule has 6 heteroatoms. The number of nitrogens with one attached hydrogen (secondary N) is 2. The molecule has 1 aromatic carbocycles. The Morgan fingerprint density at radius 3 is 2.72 bits per heavy atom.